The molecule has 6 rings (SSSR count). The third kappa shape index (κ3) is 5.57. The molecular weight excluding hydrogens is 682 g/mol. The van der Waals surface area contributed by atoms with Gasteiger partial charge in [-0.25, -0.2) is 28.4 Å². The van der Waals surface area contributed by atoms with Crippen LogP contribution in [0.1, 0.15) is 46.4 Å². The molecule has 0 aromatic heterocycles. The molecule has 240 valence electrons. The van der Waals surface area contributed by atoms with Crippen LogP contribution in [0.15, 0.2) is 58.7 Å². The number of nitrogens with zero attached hydrogens (tertiary/aromatic N) is 2. The van der Waals surface area contributed by atoms with Crippen molar-refractivity contribution in [3.8, 4) is 11.5 Å². The number of hydrazone groups is 2. The van der Waals surface area contributed by atoms with Crippen molar-refractivity contribution in [1.82, 2.24) is 10.9 Å². The smallest absolute Gasteiger partial charge is 0.271 e. The molecule has 2 N–H and O–H groups in total. The van der Waals surface area contributed by atoms with Gasteiger partial charge in [-0.05, 0) is 74.2 Å². The minimum absolute atomic E-state index is 0.204. The fourth-order valence-electron chi connectivity index (χ4n) is 6.93. The van der Waals surface area contributed by atoms with Crippen molar-refractivity contribution in [2.45, 2.75) is 46.2 Å². The Kier molecular flexibility index (Phi) is 8.32. The molecule has 0 unspecified atom stereocenters. The molecule has 0 saturated heterocycles. The largest absolute Gasteiger partial charge is 0.457 e. The molecule has 2 amide bonds. The van der Waals surface area contributed by atoms with E-state index in [-0.39, 0.29) is 36.8 Å². The summed E-state index contributed by atoms with van der Waals surface area (Å²) in [7, 11) is 0. The first kappa shape index (κ1) is 32.3. The second-order valence-corrected chi connectivity index (χ2v) is 14.2. The maximum absolute atomic E-state index is 14.6. The average Bonchev–Trinajstić information content (AvgIpc) is 3.70. The SMILES string of the molecule is O=C(N/N=C\[C@@H]1C[C@H]2C[C@H]1[C@](F)(Cl)[C@]2(F)Cl)c1ccc(Oc2ccc(C(=O)N/N=C\[C@@H]3C[C@H]4C[C@H]3[C@](F)(Cl)[C@]4(F)Cl)cc2)cc1. The topological polar surface area (TPSA) is 92.1 Å². The normalized spacial score (nSPS) is 40.0. The highest BCUT2D eigenvalue weighted by atomic mass is 35.5. The van der Waals surface area contributed by atoms with E-state index in [9.17, 15) is 27.2 Å². The Morgan fingerprint density at radius 2 is 1.00 bits per heavy atom. The van der Waals surface area contributed by atoms with Crippen LogP contribution >= 0.6 is 46.4 Å². The lowest BCUT2D eigenvalue weighted by molar-refractivity contribution is 0.0289. The zero-order valence-corrected chi connectivity index (χ0v) is 26.2. The van der Waals surface area contributed by atoms with E-state index in [1.165, 1.54) is 36.7 Å². The molecule has 10 atom stereocenters. The highest BCUT2D eigenvalue weighted by Gasteiger charge is 2.72. The lowest BCUT2D eigenvalue weighted by atomic mass is 9.86. The molecule has 7 nitrogen and oxygen atoms in total. The quantitative estimate of drug-likeness (QED) is 0.127. The average molecular weight is 708 g/mol. The number of hydrogen-bond donors (Lipinski definition) is 2. The number of rotatable bonds is 8. The van der Waals surface area contributed by atoms with Crippen LogP contribution in [0.3, 0.4) is 0 Å². The summed E-state index contributed by atoms with van der Waals surface area (Å²) in [6.45, 7) is 0. The fourth-order valence-corrected chi connectivity index (χ4v) is 8.38. The number of amides is 2. The van der Waals surface area contributed by atoms with Gasteiger partial charge >= 0.3 is 0 Å². The van der Waals surface area contributed by atoms with Crippen molar-refractivity contribution >= 4 is 70.6 Å². The molecule has 4 aliphatic rings. The molecule has 4 aliphatic carbocycles. The first-order chi connectivity index (χ1) is 21.1. The number of alkyl halides is 8. The summed E-state index contributed by atoms with van der Waals surface area (Å²) >= 11 is 22.9. The standard InChI is InChI=1S/C30H26Cl4F4N4O3/c31-27(35)19-9-17(23(11-19)29(27,33)37)13-39-41-25(43)15-1-5-21(6-2-15)45-22-7-3-16(4-8-22)26(44)42-40-14-18-10-20-12-24(18)30(34,38)28(20,32)36/h1-8,13-14,17-20,23-24H,9-12H2,(H,41,43)(H,42,44)/b39-13-,40-14-/t17-,18-,19-,20-,23+,24+,27-,28-,29+,30+/m0/s1. The second-order valence-electron chi connectivity index (χ2n) is 12.0. The predicted molar refractivity (Wildman–Crippen MR) is 163 cm³/mol. The van der Waals surface area contributed by atoms with E-state index in [4.69, 9.17) is 51.1 Å². The minimum atomic E-state index is -2.69. The van der Waals surface area contributed by atoms with Crippen molar-refractivity contribution in [2.75, 3.05) is 0 Å². The summed E-state index contributed by atoms with van der Waals surface area (Å²) in [6, 6.07) is 12.3. The first-order valence-electron chi connectivity index (χ1n) is 14.2. The molecule has 0 spiro atoms. The van der Waals surface area contributed by atoms with Crippen LogP contribution in [-0.2, 0) is 0 Å². The minimum Gasteiger partial charge on any atom is -0.457 e. The highest BCUT2D eigenvalue weighted by molar-refractivity contribution is 6.34. The molecular formula is C30H26Cl4F4N4O3. The van der Waals surface area contributed by atoms with E-state index in [1.807, 2.05) is 0 Å². The van der Waals surface area contributed by atoms with Crippen LogP contribution in [0.2, 0.25) is 0 Å². The van der Waals surface area contributed by atoms with Crippen molar-refractivity contribution in [3.05, 3.63) is 59.7 Å². The Hall–Kier alpha value is -2.60. The highest BCUT2D eigenvalue weighted by Crippen LogP contribution is 2.67. The second kappa shape index (κ2) is 11.6. The number of fused-ring (bicyclic) bond motifs is 4. The van der Waals surface area contributed by atoms with Gasteiger partial charge in [0.15, 0.2) is 0 Å². The van der Waals surface area contributed by atoms with Gasteiger partial charge in [0, 0.05) is 59.1 Å². The van der Waals surface area contributed by atoms with Crippen molar-refractivity contribution < 1.29 is 31.9 Å². The monoisotopic (exact) mass is 706 g/mol. The Balaban J connectivity index is 0.967. The van der Waals surface area contributed by atoms with Gasteiger partial charge in [-0.2, -0.15) is 10.2 Å². The Labute approximate surface area is 275 Å². The fraction of sp³-hybridized carbons (Fsp3) is 0.467. The summed E-state index contributed by atoms with van der Waals surface area (Å²) in [6.07, 6.45) is 3.71. The summed E-state index contributed by atoms with van der Waals surface area (Å²) < 4.78 is 63.8. The van der Waals surface area contributed by atoms with Gasteiger partial charge in [0.05, 0.1) is 0 Å². The van der Waals surface area contributed by atoms with E-state index < -0.39 is 67.8 Å². The number of nitrogens with one attached hydrogen (secondary N) is 2. The van der Waals surface area contributed by atoms with Crippen molar-refractivity contribution in [1.29, 1.82) is 0 Å². The third-order valence-electron chi connectivity index (χ3n) is 9.40. The van der Waals surface area contributed by atoms with Crippen LogP contribution in [0.25, 0.3) is 0 Å². The Morgan fingerprint density at radius 1 is 0.644 bits per heavy atom. The maximum Gasteiger partial charge on any atom is 0.271 e. The van der Waals surface area contributed by atoms with Gasteiger partial charge in [-0.15, -0.1) is 0 Å². The van der Waals surface area contributed by atoms with Gasteiger partial charge < -0.3 is 4.74 Å². The third-order valence-corrected chi connectivity index (χ3v) is 11.9. The number of carbonyl (C=O) groups excluding carboxylic acids is 2. The van der Waals surface area contributed by atoms with Crippen LogP contribution in [-0.4, -0.2) is 44.8 Å². The van der Waals surface area contributed by atoms with E-state index in [2.05, 4.69) is 21.1 Å². The van der Waals surface area contributed by atoms with Crippen molar-refractivity contribution in [2.24, 2.45) is 45.7 Å². The first-order valence-corrected chi connectivity index (χ1v) is 15.7. The molecule has 0 heterocycles. The molecule has 4 bridgehead atoms. The maximum atomic E-state index is 14.6. The van der Waals surface area contributed by atoms with Crippen LogP contribution in [0, 0.1) is 35.5 Å². The zero-order valence-electron chi connectivity index (χ0n) is 23.2. The van der Waals surface area contributed by atoms with Crippen LogP contribution in [0.5, 0.6) is 11.5 Å². The molecule has 2 aromatic carbocycles. The number of hydrogen-bond acceptors (Lipinski definition) is 5. The van der Waals surface area contributed by atoms with Gasteiger partial charge in [0.2, 0.25) is 20.5 Å². The molecule has 2 aromatic rings. The summed E-state index contributed by atoms with van der Waals surface area (Å²) in [5.74, 6) is -4.24. The molecule has 45 heavy (non-hydrogen) atoms. The van der Waals surface area contributed by atoms with Crippen LogP contribution in [0.4, 0.5) is 17.6 Å². The summed E-state index contributed by atoms with van der Waals surface area (Å²) in [5.41, 5.74) is 5.30. The van der Waals surface area contributed by atoms with Crippen LogP contribution < -0.4 is 15.6 Å². The number of halogens is 8. The summed E-state index contributed by atoms with van der Waals surface area (Å²) in [4.78, 5) is 25.0. The Morgan fingerprint density at radius 3 is 1.31 bits per heavy atom. The number of carbonyl (C=O) groups is 2. The molecule has 15 heteroatoms. The Bertz CT molecular complexity index is 1430. The summed E-state index contributed by atoms with van der Waals surface area (Å²) in [5, 5.41) is -2.81. The molecule has 4 saturated carbocycles. The van der Waals surface area contributed by atoms with E-state index in [0.29, 0.717) is 11.5 Å². The van der Waals surface area contributed by atoms with Gasteiger partial charge in [0.1, 0.15) is 11.5 Å². The molecule has 0 aliphatic heterocycles. The number of benzene rings is 2. The van der Waals surface area contributed by atoms with Gasteiger partial charge in [-0.1, -0.05) is 46.4 Å². The van der Waals surface area contributed by atoms with E-state index in [0.717, 1.165) is 0 Å². The van der Waals surface area contributed by atoms with E-state index in [1.54, 1.807) is 24.3 Å². The predicted octanol–water partition coefficient (Wildman–Crippen LogP) is 7.84. The molecule has 0 radical (unpaired) electrons. The lowest BCUT2D eigenvalue weighted by Gasteiger charge is -2.36. The molecule has 4 fully saturated rings. The number of ether oxygens (including phenoxy) is 1. The lowest BCUT2D eigenvalue weighted by Crippen LogP contribution is -2.47. The van der Waals surface area contributed by atoms with Crippen molar-refractivity contribution in [3.63, 3.8) is 0 Å². The van der Waals surface area contributed by atoms with Gasteiger partial charge in [0.25, 0.3) is 11.8 Å². The zero-order chi connectivity index (χ0) is 32.4. The van der Waals surface area contributed by atoms with Gasteiger partial charge in [-0.3, -0.25) is 9.59 Å². The van der Waals surface area contributed by atoms with E-state index >= 15 is 0 Å².